The van der Waals surface area contributed by atoms with Crippen molar-refractivity contribution < 1.29 is 4.79 Å². The summed E-state index contributed by atoms with van der Waals surface area (Å²) in [5.41, 5.74) is 6.96. The summed E-state index contributed by atoms with van der Waals surface area (Å²) in [6, 6.07) is 6.57. The molecule has 0 aromatic carbocycles. The van der Waals surface area contributed by atoms with Gasteiger partial charge in [-0.05, 0) is 50.7 Å². The Hall–Kier alpha value is -1.42. The summed E-state index contributed by atoms with van der Waals surface area (Å²) in [5.74, 6) is 0.267. The Morgan fingerprint density at radius 2 is 2.10 bits per heavy atom. The summed E-state index contributed by atoms with van der Waals surface area (Å²) >= 11 is 0. The van der Waals surface area contributed by atoms with Gasteiger partial charge in [0.05, 0.1) is 0 Å². The second kappa shape index (κ2) is 8.13. The van der Waals surface area contributed by atoms with Gasteiger partial charge in [0.2, 0.25) is 5.91 Å². The lowest BCUT2D eigenvalue weighted by atomic mass is 9.90. The van der Waals surface area contributed by atoms with Gasteiger partial charge in [-0.25, -0.2) is 0 Å². The number of aryl methyl sites for hydroxylation is 1. The molecular weight excluding hydrogens is 262 g/mol. The molecule has 0 bridgehead atoms. The van der Waals surface area contributed by atoms with Crippen LogP contribution < -0.4 is 5.73 Å². The molecule has 1 amide bonds. The van der Waals surface area contributed by atoms with Gasteiger partial charge >= 0.3 is 0 Å². The zero-order valence-electron chi connectivity index (χ0n) is 13.0. The molecule has 0 saturated heterocycles. The highest BCUT2D eigenvalue weighted by Gasteiger charge is 2.26. The number of carbonyl (C=O) groups is 1. The highest BCUT2D eigenvalue weighted by Crippen LogP contribution is 2.23. The van der Waals surface area contributed by atoms with E-state index in [1.165, 1.54) is 0 Å². The van der Waals surface area contributed by atoms with E-state index >= 15 is 0 Å². The van der Waals surface area contributed by atoms with E-state index in [1.54, 1.807) is 6.20 Å². The summed E-state index contributed by atoms with van der Waals surface area (Å²) in [7, 11) is 0. The molecule has 2 N–H and O–H groups in total. The fraction of sp³-hybridized carbons (Fsp3) is 0.647. The number of carbonyl (C=O) groups excluding carboxylic acids is 1. The Kier molecular flexibility index (Phi) is 6.18. The fourth-order valence-corrected chi connectivity index (χ4v) is 3.09. The average Bonchev–Trinajstić information content (AvgIpc) is 2.52. The predicted octanol–water partition coefficient (Wildman–Crippen LogP) is 2.52. The standard InChI is InChI=1S/C17H27N3O/c1-2-13-20(16-9-6-14(18)7-10-16)17(21)11-8-15-5-3-4-12-19-15/h3-5,12,14,16H,2,6-11,13,18H2,1H3. The molecule has 0 unspecified atom stereocenters. The molecule has 0 aliphatic heterocycles. The summed E-state index contributed by atoms with van der Waals surface area (Å²) in [5, 5.41) is 0. The Labute approximate surface area is 127 Å². The van der Waals surface area contributed by atoms with Gasteiger partial charge in [0.1, 0.15) is 0 Å². The molecule has 1 saturated carbocycles. The molecule has 1 heterocycles. The molecule has 21 heavy (non-hydrogen) atoms. The van der Waals surface area contributed by atoms with E-state index in [0.717, 1.165) is 50.8 Å². The fourth-order valence-electron chi connectivity index (χ4n) is 3.09. The molecule has 116 valence electrons. The normalized spacial score (nSPS) is 22.0. The van der Waals surface area contributed by atoms with Crippen molar-refractivity contribution in [1.82, 2.24) is 9.88 Å². The van der Waals surface area contributed by atoms with E-state index in [-0.39, 0.29) is 5.91 Å². The minimum absolute atomic E-state index is 0.267. The first-order valence-corrected chi connectivity index (χ1v) is 8.15. The van der Waals surface area contributed by atoms with E-state index in [1.807, 2.05) is 18.2 Å². The third-order valence-corrected chi connectivity index (χ3v) is 4.29. The molecule has 1 aliphatic carbocycles. The lowest BCUT2D eigenvalue weighted by molar-refractivity contribution is -0.134. The van der Waals surface area contributed by atoms with Crippen LogP contribution in [0.1, 0.15) is 51.1 Å². The largest absolute Gasteiger partial charge is 0.340 e. The number of pyridine rings is 1. The second-order valence-electron chi connectivity index (χ2n) is 5.98. The lowest BCUT2D eigenvalue weighted by Crippen LogP contribution is -2.44. The maximum atomic E-state index is 12.6. The van der Waals surface area contributed by atoms with Gasteiger partial charge in [-0.2, -0.15) is 0 Å². The van der Waals surface area contributed by atoms with Crippen molar-refractivity contribution in [3.8, 4) is 0 Å². The number of rotatable bonds is 6. The molecule has 0 radical (unpaired) electrons. The van der Waals surface area contributed by atoms with Gasteiger partial charge < -0.3 is 10.6 Å². The zero-order valence-corrected chi connectivity index (χ0v) is 13.0. The van der Waals surface area contributed by atoms with E-state index in [9.17, 15) is 4.79 Å². The Bertz CT molecular complexity index is 427. The quantitative estimate of drug-likeness (QED) is 0.875. The van der Waals surface area contributed by atoms with E-state index in [0.29, 0.717) is 18.5 Å². The molecule has 1 aromatic rings. The number of nitrogens with zero attached hydrogens (tertiary/aromatic N) is 2. The summed E-state index contributed by atoms with van der Waals surface area (Å²) in [6.45, 7) is 2.99. The molecule has 1 aromatic heterocycles. The number of amides is 1. The van der Waals surface area contributed by atoms with E-state index in [4.69, 9.17) is 5.73 Å². The molecule has 1 aliphatic rings. The summed E-state index contributed by atoms with van der Waals surface area (Å²) < 4.78 is 0. The zero-order chi connectivity index (χ0) is 15.1. The van der Waals surface area contributed by atoms with Crippen molar-refractivity contribution in [3.05, 3.63) is 30.1 Å². The second-order valence-corrected chi connectivity index (χ2v) is 5.98. The van der Waals surface area contributed by atoms with Crippen molar-refractivity contribution in [1.29, 1.82) is 0 Å². The highest BCUT2D eigenvalue weighted by molar-refractivity contribution is 5.76. The predicted molar refractivity (Wildman–Crippen MR) is 84.8 cm³/mol. The first-order chi connectivity index (χ1) is 10.2. The maximum absolute atomic E-state index is 12.6. The molecule has 2 rings (SSSR count). The molecular formula is C17H27N3O. The molecule has 0 spiro atoms. The molecule has 0 atom stereocenters. The van der Waals surface area contributed by atoms with Crippen LogP contribution in [0.25, 0.3) is 0 Å². The highest BCUT2D eigenvalue weighted by atomic mass is 16.2. The summed E-state index contributed by atoms with van der Waals surface area (Å²) in [4.78, 5) is 18.9. The number of hydrogen-bond acceptors (Lipinski definition) is 3. The first kappa shape index (κ1) is 16.0. The third-order valence-electron chi connectivity index (χ3n) is 4.29. The van der Waals surface area contributed by atoms with Crippen LogP contribution in [0, 0.1) is 0 Å². The van der Waals surface area contributed by atoms with Crippen molar-refractivity contribution >= 4 is 5.91 Å². The van der Waals surface area contributed by atoms with Crippen molar-refractivity contribution in [2.24, 2.45) is 5.73 Å². The van der Waals surface area contributed by atoms with Crippen LogP contribution in [0.2, 0.25) is 0 Å². The third kappa shape index (κ3) is 4.81. The van der Waals surface area contributed by atoms with Crippen LogP contribution in [-0.4, -0.2) is 34.4 Å². The van der Waals surface area contributed by atoms with Crippen LogP contribution in [0.4, 0.5) is 0 Å². The van der Waals surface area contributed by atoms with Crippen molar-refractivity contribution in [3.63, 3.8) is 0 Å². The van der Waals surface area contributed by atoms with Crippen LogP contribution >= 0.6 is 0 Å². The average molecular weight is 289 g/mol. The first-order valence-electron chi connectivity index (χ1n) is 8.15. The van der Waals surface area contributed by atoms with Crippen LogP contribution in [0.5, 0.6) is 0 Å². The molecule has 1 fully saturated rings. The van der Waals surface area contributed by atoms with Gasteiger partial charge in [-0.3, -0.25) is 9.78 Å². The van der Waals surface area contributed by atoms with Crippen LogP contribution in [0.15, 0.2) is 24.4 Å². The maximum Gasteiger partial charge on any atom is 0.223 e. The van der Waals surface area contributed by atoms with Crippen molar-refractivity contribution in [2.75, 3.05) is 6.54 Å². The van der Waals surface area contributed by atoms with Crippen LogP contribution in [0.3, 0.4) is 0 Å². The SMILES string of the molecule is CCCN(C(=O)CCc1ccccn1)C1CCC(N)CC1. The minimum atomic E-state index is 0.267. The Morgan fingerprint density at radius 1 is 1.33 bits per heavy atom. The van der Waals surface area contributed by atoms with Gasteiger partial charge in [-0.1, -0.05) is 13.0 Å². The van der Waals surface area contributed by atoms with Gasteiger partial charge in [0.25, 0.3) is 0 Å². The monoisotopic (exact) mass is 289 g/mol. The number of aromatic nitrogens is 1. The van der Waals surface area contributed by atoms with Crippen molar-refractivity contribution in [2.45, 2.75) is 64.0 Å². The van der Waals surface area contributed by atoms with Gasteiger partial charge in [0.15, 0.2) is 0 Å². The Morgan fingerprint density at radius 3 is 2.71 bits per heavy atom. The topological polar surface area (TPSA) is 59.2 Å². The molecule has 4 nitrogen and oxygen atoms in total. The van der Waals surface area contributed by atoms with E-state index in [2.05, 4.69) is 16.8 Å². The number of nitrogens with two attached hydrogens (primary N) is 1. The number of hydrogen-bond donors (Lipinski definition) is 1. The summed E-state index contributed by atoms with van der Waals surface area (Å²) in [6.07, 6.45) is 8.26. The van der Waals surface area contributed by atoms with Gasteiger partial charge in [0, 0.05) is 36.9 Å². The van der Waals surface area contributed by atoms with Crippen LogP contribution in [-0.2, 0) is 11.2 Å². The minimum Gasteiger partial charge on any atom is -0.340 e. The smallest absolute Gasteiger partial charge is 0.223 e. The van der Waals surface area contributed by atoms with E-state index < -0.39 is 0 Å². The Balaban J connectivity index is 1.89. The lowest BCUT2D eigenvalue weighted by Gasteiger charge is -2.36. The van der Waals surface area contributed by atoms with Gasteiger partial charge in [-0.15, -0.1) is 0 Å². The molecule has 4 heteroatoms.